The van der Waals surface area contributed by atoms with E-state index < -0.39 is 0 Å². The number of rotatable bonds is 4. The van der Waals surface area contributed by atoms with Gasteiger partial charge in [0.15, 0.2) is 17.0 Å². The molecule has 0 radical (unpaired) electrons. The number of benzene rings is 7. The van der Waals surface area contributed by atoms with E-state index in [1.54, 1.807) is 0 Å². The van der Waals surface area contributed by atoms with Gasteiger partial charge < -0.3 is 13.4 Å². The SMILES string of the molecule is c1ccc(-c2cc(-c3ccc4oc5c(ccc6c7cc(-n8c9ccccc9c9ccccc98)ccc7oc65)c4c3)nc(-c3ccccc3)n2)cc1. The molecule has 0 unspecified atom stereocenters. The first-order chi connectivity index (χ1) is 25.3. The summed E-state index contributed by atoms with van der Waals surface area (Å²) in [6.07, 6.45) is 0. The fraction of sp³-hybridized carbons (Fsp3) is 0. The molecule has 4 aromatic heterocycles. The number of aromatic nitrogens is 3. The average molecular weight is 654 g/mol. The first kappa shape index (κ1) is 27.9. The van der Waals surface area contributed by atoms with Gasteiger partial charge in [0, 0.05) is 54.7 Å². The number of nitrogens with zero attached hydrogens (tertiary/aromatic N) is 3. The third-order valence-corrected chi connectivity index (χ3v) is 10.0. The van der Waals surface area contributed by atoms with E-state index in [2.05, 4.69) is 114 Å². The molecule has 0 bridgehead atoms. The molecular formula is C46H27N3O2. The molecule has 51 heavy (non-hydrogen) atoms. The Hall–Kier alpha value is -6.98. The van der Waals surface area contributed by atoms with Gasteiger partial charge in [-0.15, -0.1) is 0 Å². The zero-order valence-electron chi connectivity index (χ0n) is 27.2. The van der Waals surface area contributed by atoms with Crippen molar-refractivity contribution in [2.45, 2.75) is 0 Å². The summed E-state index contributed by atoms with van der Waals surface area (Å²) < 4.78 is 15.5. The molecule has 11 aromatic rings. The maximum absolute atomic E-state index is 6.56. The summed E-state index contributed by atoms with van der Waals surface area (Å²) in [6, 6.07) is 56.6. The number of para-hydroxylation sites is 2. The molecule has 4 heterocycles. The smallest absolute Gasteiger partial charge is 0.178 e. The highest BCUT2D eigenvalue weighted by atomic mass is 16.4. The van der Waals surface area contributed by atoms with Crippen LogP contribution < -0.4 is 0 Å². The van der Waals surface area contributed by atoms with Gasteiger partial charge in [0.05, 0.1) is 22.4 Å². The molecule has 5 heteroatoms. The van der Waals surface area contributed by atoms with E-state index in [4.69, 9.17) is 18.8 Å². The summed E-state index contributed by atoms with van der Waals surface area (Å²) in [5.74, 6) is 0.688. The standard InChI is InChI=1S/C46H27N3O2/c1-3-11-28(12-4-1)38-27-39(48-46(47-38)29-13-5-2-6-14-29)30-19-23-42-36(25-30)34-21-22-35-37-26-31(20-24-43(37)51-45(35)44(34)50-42)49-40-17-9-7-15-32(40)33-16-8-10-18-41(33)49/h1-27H. The summed E-state index contributed by atoms with van der Waals surface area (Å²) in [5, 5.41) is 6.57. The van der Waals surface area contributed by atoms with Crippen LogP contribution in [-0.4, -0.2) is 14.5 Å². The van der Waals surface area contributed by atoms with E-state index in [0.717, 1.165) is 77.6 Å². The number of hydrogen-bond acceptors (Lipinski definition) is 4. The van der Waals surface area contributed by atoms with Crippen molar-refractivity contribution in [3.8, 4) is 39.6 Å². The maximum atomic E-state index is 6.56. The molecule has 0 aliphatic rings. The Morgan fingerprint density at radius 3 is 1.55 bits per heavy atom. The third-order valence-electron chi connectivity index (χ3n) is 10.0. The van der Waals surface area contributed by atoms with Crippen LogP contribution in [0.4, 0.5) is 0 Å². The van der Waals surface area contributed by atoms with E-state index in [1.165, 1.54) is 21.8 Å². The van der Waals surface area contributed by atoms with Crippen molar-refractivity contribution < 1.29 is 8.83 Å². The topological polar surface area (TPSA) is 57.0 Å². The van der Waals surface area contributed by atoms with Crippen molar-refractivity contribution in [2.75, 3.05) is 0 Å². The number of hydrogen-bond donors (Lipinski definition) is 0. The molecule has 0 aliphatic heterocycles. The van der Waals surface area contributed by atoms with E-state index in [0.29, 0.717) is 5.82 Å². The predicted octanol–water partition coefficient (Wildman–Crippen LogP) is 12.4. The van der Waals surface area contributed by atoms with Crippen molar-refractivity contribution in [3.05, 3.63) is 164 Å². The molecule has 0 saturated heterocycles. The summed E-state index contributed by atoms with van der Waals surface area (Å²) in [5.41, 5.74) is 11.3. The monoisotopic (exact) mass is 653 g/mol. The Balaban J connectivity index is 1.07. The molecule has 0 saturated carbocycles. The first-order valence-electron chi connectivity index (χ1n) is 17.1. The zero-order valence-corrected chi connectivity index (χ0v) is 27.2. The number of furan rings is 2. The zero-order chi connectivity index (χ0) is 33.5. The molecule has 0 spiro atoms. The predicted molar refractivity (Wildman–Crippen MR) is 207 cm³/mol. The summed E-state index contributed by atoms with van der Waals surface area (Å²) >= 11 is 0. The fourth-order valence-electron chi connectivity index (χ4n) is 7.62. The molecule has 11 rings (SSSR count). The Bertz CT molecular complexity index is 3020. The van der Waals surface area contributed by atoms with Crippen LogP contribution in [0.25, 0.3) is 105 Å². The highest BCUT2D eigenvalue weighted by Gasteiger charge is 2.19. The molecule has 0 atom stereocenters. The van der Waals surface area contributed by atoms with Gasteiger partial charge in [-0.1, -0.05) is 97.1 Å². The van der Waals surface area contributed by atoms with Gasteiger partial charge >= 0.3 is 0 Å². The lowest BCUT2D eigenvalue weighted by Gasteiger charge is -2.09. The van der Waals surface area contributed by atoms with Crippen LogP contribution in [0, 0.1) is 0 Å². The maximum Gasteiger partial charge on any atom is 0.178 e. The average Bonchev–Trinajstić information content (AvgIpc) is 3.87. The molecule has 0 aliphatic carbocycles. The molecular weight excluding hydrogens is 627 g/mol. The second-order valence-electron chi connectivity index (χ2n) is 13.0. The van der Waals surface area contributed by atoms with E-state index in [9.17, 15) is 0 Å². The molecule has 7 aromatic carbocycles. The molecule has 0 fully saturated rings. The van der Waals surface area contributed by atoms with Gasteiger partial charge in [0.25, 0.3) is 0 Å². The number of fused-ring (bicyclic) bond motifs is 10. The molecule has 238 valence electrons. The summed E-state index contributed by atoms with van der Waals surface area (Å²) in [6.45, 7) is 0. The van der Waals surface area contributed by atoms with Gasteiger partial charge in [-0.05, 0) is 66.7 Å². The Morgan fingerprint density at radius 1 is 0.373 bits per heavy atom. The lowest BCUT2D eigenvalue weighted by atomic mass is 10.0. The van der Waals surface area contributed by atoms with Gasteiger partial charge in [-0.25, -0.2) is 9.97 Å². The van der Waals surface area contributed by atoms with Crippen LogP contribution in [0.3, 0.4) is 0 Å². The lowest BCUT2D eigenvalue weighted by Crippen LogP contribution is -1.95. The van der Waals surface area contributed by atoms with Crippen LogP contribution in [0.15, 0.2) is 173 Å². The second kappa shape index (κ2) is 10.8. The summed E-state index contributed by atoms with van der Waals surface area (Å²) in [4.78, 5) is 10.0. The molecule has 5 nitrogen and oxygen atoms in total. The highest BCUT2D eigenvalue weighted by molar-refractivity contribution is 6.19. The Labute approximate surface area is 291 Å². The first-order valence-corrected chi connectivity index (χ1v) is 17.1. The van der Waals surface area contributed by atoms with Gasteiger partial charge in [0.2, 0.25) is 0 Å². The minimum atomic E-state index is 0.688. The van der Waals surface area contributed by atoms with Crippen LogP contribution in [0.1, 0.15) is 0 Å². The van der Waals surface area contributed by atoms with Crippen molar-refractivity contribution in [3.63, 3.8) is 0 Å². The minimum absolute atomic E-state index is 0.688. The van der Waals surface area contributed by atoms with Crippen LogP contribution in [-0.2, 0) is 0 Å². The minimum Gasteiger partial charge on any atom is -0.452 e. The van der Waals surface area contributed by atoms with Gasteiger partial charge in [0.1, 0.15) is 11.2 Å². The Kier molecular flexibility index (Phi) is 5.89. The van der Waals surface area contributed by atoms with Crippen molar-refractivity contribution >= 4 is 65.7 Å². The highest BCUT2D eigenvalue weighted by Crippen LogP contribution is 2.41. The van der Waals surface area contributed by atoms with Crippen molar-refractivity contribution in [1.82, 2.24) is 14.5 Å². The van der Waals surface area contributed by atoms with Crippen molar-refractivity contribution in [1.29, 1.82) is 0 Å². The van der Waals surface area contributed by atoms with E-state index in [1.807, 2.05) is 54.6 Å². The normalized spacial score (nSPS) is 11.9. The van der Waals surface area contributed by atoms with Crippen molar-refractivity contribution in [2.24, 2.45) is 0 Å². The van der Waals surface area contributed by atoms with E-state index in [-0.39, 0.29) is 0 Å². The van der Waals surface area contributed by atoms with Crippen LogP contribution in [0.5, 0.6) is 0 Å². The van der Waals surface area contributed by atoms with Crippen LogP contribution in [0.2, 0.25) is 0 Å². The Morgan fingerprint density at radius 2 is 0.902 bits per heavy atom. The summed E-state index contributed by atoms with van der Waals surface area (Å²) in [7, 11) is 0. The lowest BCUT2D eigenvalue weighted by molar-refractivity contribution is 0.633. The second-order valence-corrected chi connectivity index (χ2v) is 13.0. The van der Waals surface area contributed by atoms with Crippen LogP contribution >= 0.6 is 0 Å². The third kappa shape index (κ3) is 4.28. The van der Waals surface area contributed by atoms with Gasteiger partial charge in [-0.2, -0.15) is 0 Å². The van der Waals surface area contributed by atoms with E-state index >= 15 is 0 Å². The molecule has 0 N–H and O–H groups in total. The van der Waals surface area contributed by atoms with Gasteiger partial charge in [-0.3, -0.25) is 0 Å². The largest absolute Gasteiger partial charge is 0.452 e. The fourth-order valence-corrected chi connectivity index (χ4v) is 7.62. The quantitative estimate of drug-likeness (QED) is 0.190. The molecule has 0 amide bonds.